The van der Waals surface area contributed by atoms with E-state index < -0.39 is 32.9 Å². The summed E-state index contributed by atoms with van der Waals surface area (Å²) in [7, 11) is -2.29. The first-order chi connectivity index (χ1) is 16.8. The molecular weight excluding hydrogens is 492 g/mol. The van der Waals surface area contributed by atoms with E-state index >= 15 is 0 Å². The fourth-order valence-corrected chi connectivity index (χ4v) is 8.28. The van der Waals surface area contributed by atoms with Gasteiger partial charge in [0.2, 0.25) is 5.91 Å². The van der Waals surface area contributed by atoms with Gasteiger partial charge in [-0.25, -0.2) is 23.5 Å². The summed E-state index contributed by atoms with van der Waals surface area (Å²) >= 11 is 1.35. The van der Waals surface area contributed by atoms with Gasteiger partial charge in [0.15, 0.2) is 16.1 Å². The highest BCUT2D eigenvalue weighted by Crippen LogP contribution is 2.47. The van der Waals surface area contributed by atoms with Crippen molar-refractivity contribution in [2.75, 3.05) is 24.8 Å². The van der Waals surface area contributed by atoms with Gasteiger partial charge in [0.1, 0.15) is 4.75 Å². The number of nitrogens with one attached hydrogen (secondary N) is 2. The molecule has 0 spiro atoms. The number of ether oxygens (including phenoxy) is 2. The molecule has 190 valence electrons. The van der Waals surface area contributed by atoms with Crippen LogP contribution in [0.15, 0.2) is 36.4 Å². The van der Waals surface area contributed by atoms with Crippen molar-refractivity contribution in [1.82, 2.24) is 5.48 Å². The molecule has 2 atom stereocenters. The fourth-order valence-electron chi connectivity index (χ4n) is 4.50. The largest absolute Gasteiger partial charge is 0.453 e. The van der Waals surface area contributed by atoms with Gasteiger partial charge < -0.3 is 9.47 Å². The Hall–Kier alpha value is -2.47. The van der Waals surface area contributed by atoms with Crippen molar-refractivity contribution < 1.29 is 32.3 Å². The van der Waals surface area contributed by atoms with Gasteiger partial charge in [0, 0.05) is 28.5 Å². The minimum absolute atomic E-state index is 0.0403. The Balaban J connectivity index is 1.57. The summed E-state index contributed by atoms with van der Waals surface area (Å²) in [4.78, 5) is 31.3. The van der Waals surface area contributed by atoms with Gasteiger partial charge in [-0.2, -0.15) is 0 Å². The maximum Gasteiger partial charge on any atom is 0.411 e. The maximum absolute atomic E-state index is 13.4. The number of amides is 2. The van der Waals surface area contributed by atoms with E-state index in [1.54, 1.807) is 24.3 Å². The van der Waals surface area contributed by atoms with Gasteiger partial charge in [-0.05, 0) is 55.5 Å². The number of hydroxylamine groups is 1. The molecule has 0 bridgehead atoms. The Morgan fingerprint density at radius 3 is 2.77 bits per heavy atom. The molecule has 0 aliphatic carbocycles. The lowest BCUT2D eigenvalue weighted by atomic mass is 9.94. The fraction of sp³-hybridized carbons (Fsp3) is 0.500. The first-order valence-corrected chi connectivity index (χ1v) is 14.1. The van der Waals surface area contributed by atoms with Crippen molar-refractivity contribution in [1.29, 1.82) is 0 Å². The van der Waals surface area contributed by atoms with E-state index in [4.69, 9.17) is 9.57 Å². The molecule has 2 aromatic rings. The van der Waals surface area contributed by atoms with Gasteiger partial charge >= 0.3 is 6.09 Å². The number of benzene rings is 1. The van der Waals surface area contributed by atoms with Gasteiger partial charge in [0.25, 0.3) is 0 Å². The highest BCUT2D eigenvalue weighted by Gasteiger charge is 2.49. The molecule has 9 nitrogen and oxygen atoms in total. The van der Waals surface area contributed by atoms with Gasteiger partial charge in [-0.15, -0.1) is 11.3 Å². The summed E-state index contributed by atoms with van der Waals surface area (Å²) in [5.41, 5.74) is 3.81. The summed E-state index contributed by atoms with van der Waals surface area (Å²) in [6.07, 6.45) is 2.95. The molecule has 2 fully saturated rings. The lowest BCUT2D eigenvalue weighted by Gasteiger charge is -2.35. The van der Waals surface area contributed by atoms with E-state index in [2.05, 4.69) is 15.5 Å². The number of carbonyl (C=O) groups excluding carboxylic acids is 2. The van der Waals surface area contributed by atoms with Crippen molar-refractivity contribution in [2.45, 2.75) is 56.0 Å². The standard InChI is InChI=1S/C24H30N2O7S2/c1-31-23(28)25-18-8-6-7-17(15-18)19-10-11-20(34-19)24(12-3-5-14-35(24,29)30)16-21(27)26-33-22-9-2-4-13-32-22/h6-8,10-11,15,22H,2-5,9,12-14,16H2,1H3,(H,25,28)(H,26,27)/t22?,24-/m0/s1. The Labute approximate surface area is 209 Å². The Kier molecular flexibility index (Phi) is 8.10. The molecule has 4 rings (SSSR count). The number of anilines is 1. The number of carbonyl (C=O) groups is 2. The molecule has 35 heavy (non-hydrogen) atoms. The van der Waals surface area contributed by atoms with Crippen LogP contribution in [-0.2, 0) is 33.7 Å². The summed E-state index contributed by atoms with van der Waals surface area (Å²) < 4.78 is 35.6. The van der Waals surface area contributed by atoms with Crippen LogP contribution in [0.25, 0.3) is 10.4 Å². The molecule has 11 heteroatoms. The van der Waals surface area contributed by atoms with Crippen LogP contribution >= 0.6 is 11.3 Å². The summed E-state index contributed by atoms with van der Waals surface area (Å²) in [5.74, 6) is -0.442. The van der Waals surface area contributed by atoms with E-state index in [0.29, 0.717) is 42.9 Å². The summed E-state index contributed by atoms with van der Waals surface area (Å²) in [5, 5.41) is 2.63. The lowest BCUT2D eigenvalue weighted by molar-refractivity contribution is -0.200. The average molecular weight is 523 g/mol. The maximum atomic E-state index is 13.4. The first-order valence-electron chi connectivity index (χ1n) is 11.7. The van der Waals surface area contributed by atoms with Crippen LogP contribution in [0.3, 0.4) is 0 Å². The summed E-state index contributed by atoms with van der Waals surface area (Å²) in [6, 6.07) is 10.9. The lowest BCUT2D eigenvalue weighted by Crippen LogP contribution is -2.45. The second-order valence-electron chi connectivity index (χ2n) is 8.75. The molecule has 0 saturated carbocycles. The second-order valence-corrected chi connectivity index (χ2v) is 12.3. The first kappa shape index (κ1) is 25.6. The van der Waals surface area contributed by atoms with Gasteiger partial charge in [0.05, 0.1) is 19.3 Å². The quantitative estimate of drug-likeness (QED) is 0.519. The molecular formula is C24H30N2O7S2. The Bertz CT molecular complexity index is 1160. The number of sulfone groups is 1. The van der Waals surface area contributed by atoms with Crippen LogP contribution in [0, 0.1) is 0 Å². The zero-order valence-corrected chi connectivity index (χ0v) is 21.2. The zero-order chi connectivity index (χ0) is 24.9. The van der Waals surface area contributed by atoms with Crippen LogP contribution in [0.2, 0.25) is 0 Å². The molecule has 1 unspecified atom stereocenters. The molecule has 2 saturated heterocycles. The predicted molar refractivity (Wildman–Crippen MR) is 133 cm³/mol. The number of hydrogen-bond acceptors (Lipinski definition) is 8. The third kappa shape index (κ3) is 5.85. The molecule has 2 aliphatic rings. The van der Waals surface area contributed by atoms with Crippen molar-refractivity contribution in [3.8, 4) is 10.4 Å². The number of thiophene rings is 1. The van der Waals surface area contributed by atoms with Gasteiger partial charge in [-0.3, -0.25) is 10.1 Å². The Morgan fingerprint density at radius 2 is 2.03 bits per heavy atom. The third-order valence-corrected chi connectivity index (χ3v) is 10.4. The van der Waals surface area contributed by atoms with E-state index in [9.17, 15) is 18.0 Å². The minimum Gasteiger partial charge on any atom is -0.453 e. The monoisotopic (exact) mass is 522 g/mol. The molecule has 1 aromatic carbocycles. The van der Waals surface area contributed by atoms with E-state index in [0.717, 1.165) is 23.3 Å². The van der Waals surface area contributed by atoms with Crippen LogP contribution in [0.1, 0.15) is 49.8 Å². The molecule has 2 amide bonds. The van der Waals surface area contributed by atoms with Crippen LogP contribution in [-0.4, -0.2) is 46.2 Å². The van der Waals surface area contributed by atoms with Gasteiger partial charge in [-0.1, -0.05) is 18.6 Å². The van der Waals surface area contributed by atoms with Crippen molar-refractivity contribution in [3.63, 3.8) is 0 Å². The second kappa shape index (κ2) is 11.1. The smallest absolute Gasteiger partial charge is 0.411 e. The minimum atomic E-state index is -3.58. The molecule has 0 radical (unpaired) electrons. The average Bonchev–Trinajstić information content (AvgIpc) is 3.36. The van der Waals surface area contributed by atoms with Crippen LogP contribution in [0.5, 0.6) is 0 Å². The van der Waals surface area contributed by atoms with E-state index in [1.165, 1.54) is 18.4 Å². The highest BCUT2D eigenvalue weighted by molar-refractivity contribution is 7.92. The Morgan fingerprint density at radius 1 is 1.17 bits per heavy atom. The van der Waals surface area contributed by atoms with Crippen LogP contribution < -0.4 is 10.8 Å². The molecule has 3 heterocycles. The molecule has 2 aliphatic heterocycles. The predicted octanol–water partition coefficient (Wildman–Crippen LogP) is 4.35. The normalized spacial score (nSPS) is 23.9. The SMILES string of the molecule is COC(=O)Nc1cccc(-c2ccc([C@@]3(CC(=O)NOC4CCCCO4)CCCCS3(=O)=O)s2)c1. The number of methoxy groups -OCH3 is 1. The third-order valence-electron chi connectivity index (χ3n) is 6.36. The molecule has 2 N–H and O–H groups in total. The van der Waals surface area contributed by atoms with Crippen molar-refractivity contribution in [3.05, 3.63) is 41.3 Å². The highest BCUT2D eigenvalue weighted by atomic mass is 32.2. The van der Waals surface area contributed by atoms with Crippen molar-refractivity contribution >= 4 is 38.9 Å². The topological polar surface area (TPSA) is 120 Å². The summed E-state index contributed by atoms with van der Waals surface area (Å²) in [6.45, 7) is 0.577. The van der Waals surface area contributed by atoms with Crippen molar-refractivity contribution in [2.24, 2.45) is 0 Å². The van der Waals surface area contributed by atoms with E-state index in [-0.39, 0.29) is 12.2 Å². The number of rotatable bonds is 7. The number of hydrogen-bond donors (Lipinski definition) is 2. The van der Waals surface area contributed by atoms with E-state index in [1.807, 2.05) is 12.1 Å². The van der Waals surface area contributed by atoms with Crippen LogP contribution in [0.4, 0.5) is 10.5 Å². The molecule has 1 aromatic heterocycles. The zero-order valence-electron chi connectivity index (χ0n) is 19.6.